The Balaban J connectivity index is 1.38. The SMILES string of the molecule is O=C(c1nc2sccn2c1CN1CCCCC1CCn1cccn1)N1CCCC1. The Kier molecular flexibility index (Phi) is 5.37. The van der Waals surface area contributed by atoms with Crippen molar-refractivity contribution in [1.29, 1.82) is 0 Å². The fourth-order valence-electron chi connectivity index (χ4n) is 4.73. The molecule has 7 nitrogen and oxygen atoms in total. The number of hydrogen-bond donors (Lipinski definition) is 0. The Bertz CT molecular complexity index is 955. The van der Waals surface area contributed by atoms with E-state index in [0.717, 1.165) is 62.6 Å². The first-order valence-electron chi connectivity index (χ1n) is 10.7. The normalized spacial score (nSPS) is 20.7. The van der Waals surface area contributed by atoms with Crippen LogP contribution >= 0.6 is 11.3 Å². The van der Waals surface area contributed by atoms with Gasteiger partial charge in [0, 0.05) is 56.2 Å². The highest BCUT2D eigenvalue weighted by atomic mass is 32.1. The number of hydrogen-bond acceptors (Lipinski definition) is 5. The van der Waals surface area contributed by atoms with E-state index in [-0.39, 0.29) is 5.91 Å². The predicted octanol–water partition coefficient (Wildman–Crippen LogP) is 3.27. The maximum absolute atomic E-state index is 13.2. The van der Waals surface area contributed by atoms with Gasteiger partial charge in [0.1, 0.15) is 0 Å². The van der Waals surface area contributed by atoms with Gasteiger partial charge in [-0.05, 0) is 44.7 Å². The van der Waals surface area contributed by atoms with Gasteiger partial charge < -0.3 is 4.90 Å². The molecule has 1 amide bonds. The van der Waals surface area contributed by atoms with Crippen molar-refractivity contribution in [2.75, 3.05) is 19.6 Å². The molecule has 0 radical (unpaired) electrons. The number of piperidine rings is 1. The molecule has 0 aromatic carbocycles. The summed E-state index contributed by atoms with van der Waals surface area (Å²) in [5.74, 6) is 0.110. The van der Waals surface area contributed by atoms with Crippen LogP contribution in [0.15, 0.2) is 30.0 Å². The van der Waals surface area contributed by atoms with E-state index in [2.05, 4.69) is 26.0 Å². The van der Waals surface area contributed by atoms with Gasteiger partial charge in [-0.15, -0.1) is 11.3 Å². The molecule has 8 heteroatoms. The molecule has 2 aliphatic heterocycles. The highest BCUT2D eigenvalue weighted by Crippen LogP contribution is 2.26. The summed E-state index contributed by atoms with van der Waals surface area (Å²) >= 11 is 1.60. The van der Waals surface area contributed by atoms with E-state index >= 15 is 0 Å². The van der Waals surface area contributed by atoms with Crippen molar-refractivity contribution >= 4 is 22.2 Å². The number of aromatic nitrogens is 4. The van der Waals surface area contributed by atoms with Crippen LogP contribution in [0.1, 0.15) is 54.7 Å². The molecule has 5 rings (SSSR count). The Hall–Kier alpha value is -2.19. The molecule has 2 saturated heterocycles. The molecule has 29 heavy (non-hydrogen) atoms. The van der Waals surface area contributed by atoms with E-state index in [9.17, 15) is 4.79 Å². The first-order valence-corrected chi connectivity index (χ1v) is 11.6. The second kappa shape index (κ2) is 8.28. The van der Waals surface area contributed by atoms with Gasteiger partial charge in [0.2, 0.25) is 0 Å². The van der Waals surface area contributed by atoms with Crippen LogP contribution in [-0.4, -0.2) is 60.5 Å². The van der Waals surface area contributed by atoms with Crippen LogP contribution in [0.25, 0.3) is 4.96 Å². The summed E-state index contributed by atoms with van der Waals surface area (Å²) in [6.07, 6.45) is 12.9. The first-order chi connectivity index (χ1) is 14.3. The van der Waals surface area contributed by atoms with Gasteiger partial charge in [0.25, 0.3) is 5.91 Å². The number of fused-ring (bicyclic) bond motifs is 1. The summed E-state index contributed by atoms with van der Waals surface area (Å²) in [7, 11) is 0. The largest absolute Gasteiger partial charge is 0.337 e. The van der Waals surface area contributed by atoms with Crippen LogP contribution in [-0.2, 0) is 13.1 Å². The molecule has 3 aromatic heterocycles. The van der Waals surface area contributed by atoms with Crippen LogP contribution in [0.4, 0.5) is 0 Å². The van der Waals surface area contributed by atoms with E-state index in [1.807, 2.05) is 28.0 Å². The Morgan fingerprint density at radius 3 is 2.83 bits per heavy atom. The number of thiazole rings is 1. The molecular formula is C21H28N6OS. The van der Waals surface area contributed by atoms with Crippen molar-refractivity contribution in [3.8, 4) is 0 Å². The number of likely N-dealkylation sites (tertiary alicyclic amines) is 2. The average Bonchev–Trinajstić information content (AvgIpc) is 3.53. The van der Waals surface area contributed by atoms with Gasteiger partial charge in [-0.25, -0.2) is 4.98 Å². The summed E-state index contributed by atoms with van der Waals surface area (Å²) < 4.78 is 4.15. The Morgan fingerprint density at radius 1 is 1.14 bits per heavy atom. The summed E-state index contributed by atoms with van der Waals surface area (Å²) in [4.78, 5) is 23.4. The van der Waals surface area contributed by atoms with Crippen molar-refractivity contribution in [1.82, 2.24) is 29.0 Å². The third-order valence-corrected chi connectivity index (χ3v) is 7.07. The third-order valence-electron chi connectivity index (χ3n) is 6.31. The molecule has 2 fully saturated rings. The minimum absolute atomic E-state index is 0.110. The smallest absolute Gasteiger partial charge is 0.274 e. The zero-order valence-electron chi connectivity index (χ0n) is 16.7. The number of aryl methyl sites for hydroxylation is 1. The van der Waals surface area contributed by atoms with Gasteiger partial charge in [-0.3, -0.25) is 18.8 Å². The van der Waals surface area contributed by atoms with E-state index < -0.39 is 0 Å². The lowest BCUT2D eigenvalue weighted by atomic mass is 9.99. The van der Waals surface area contributed by atoms with Crippen molar-refractivity contribution < 1.29 is 4.79 Å². The standard InChI is InChI=1S/C21H28N6OS/c28-20(24-9-3-4-10-24)19-18(27-14-15-29-21(27)23-19)16-25-11-2-1-6-17(25)7-13-26-12-5-8-22-26/h5,8,12,14-15,17H,1-4,6-7,9-11,13,16H2. The van der Waals surface area contributed by atoms with Gasteiger partial charge >= 0.3 is 0 Å². The molecule has 0 bridgehead atoms. The number of carbonyl (C=O) groups is 1. The number of imidazole rings is 1. The second-order valence-electron chi connectivity index (χ2n) is 8.14. The third kappa shape index (κ3) is 3.83. The van der Waals surface area contributed by atoms with Crippen LogP contribution in [0.5, 0.6) is 0 Å². The molecule has 0 aliphatic carbocycles. The zero-order chi connectivity index (χ0) is 19.6. The lowest BCUT2D eigenvalue weighted by molar-refractivity contribution is 0.0781. The maximum Gasteiger partial charge on any atom is 0.274 e. The lowest BCUT2D eigenvalue weighted by Gasteiger charge is -2.35. The fraction of sp³-hybridized carbons (Fsp3) is 0.571. The van der Waals surface area contributed by atoms with Crippen molar-refractivity contribution in [3.05, 3.63) is 41.4 Å². The lowest BCUT2D eigenvalue weighted by Crippen LogP contribution is -2.40. The van der Waals surface area contributed by atoms with Gasteiger partial charge in [-0.2, -0.15) is 5.10 Å². The predicted molar refractivity (Wildman–Crippen MR) is 113 cm³/mol. The minimum atomic E-state index is 0.110. The van der Waals surface area contributed by atoms with Crippen molar-refractivity contribution in [2.24, 2.45) is 0 Å². The van der Waals surface area contributed by atoms with Gasteiger partial charge in [-0.1, -0.05) is 6.42 Å². The summed E-state index contributed by atoms with van der Waals surface area (Å²) in [5.41, 5.74) is 1.72. The minimum Gasteiger partial charge on any atom is -0.337 e. The molecule has 0 N–H and O–H groups in total. The Labute approximate surface area is 174 Å². The van der Waals surface area contributed by atoms with Gasteiger partial charge in [0.05, 0.1) is 5.69 Å². The summed E-state index contributed by atoms with van der Waals surface area (Å²) in [6, 6.07) is 2.50. The number of rotatable bonds is 6. The quantitative estimate of drug-likeness (QED) is 0.623. The first kappa shape index (κ1) is 18.8. The molecule has 3 aromatic rings. The van der Waals surface area contributed by atoms with E-state index in [1.165, 1.54) is 19.3 Å². The van der Waals surface area contributed by atoms with Crippen LogP contribution < -0.4 is 0 Å². The van der Waals surface area contributed by atoms with E-state index in [1.54, 1.807) is 11.3 Å². The average molecular weight is 413 g/mol. The van der Waals surface area contributed by atoms with Gasteiger partial charge in [0.15, 0.2) is 10.7 Å². The molecule has 154 valence electrons. The molecule has 1 atom stereocenters. The molecule has 2 aliphatic rings. The monoisotopic (exact) mass is 412 g/mol. The topological polar surface area (TPSA) is 58.7 Å². The van der Waals surface area contributed by atoms with E-state index in [4.69, 9.17) is 4.98 Å². The number of amides is 1. The highest BCUT2D eigenvalue weighted by molar-refractivity contribution is 7.15. The maximum atomic E-state index is 13.2. The summed E-state index contributed by atoms with van der Waals surface area (Å²) in [6.45, 7) is 4.53. The molecule has 0 spiro atoms. The number of nitrogens with zero attached hydrogens (tertiary/aromatic N) is 6. The van der Waals surface area contributed by atoms with Crippen molar-refractivity contribution in [2.45, 2.75) is 57.7 Å². The molecule has 0 saturated carbocycles. The second-order valence-corrected chi connectivity index (χ2v) is 9.01. The molecular weight excluding hydrogens is 384 g/mol. The van der Waals surface area contributed by atoms with E-state index in [0.29, 0.717) is 11.7 Å². The van der Waals surface area contributed by atoms with Crippen LogP contribution in [0.2, 0.25) is 0 Å². The highest BCUT2D eigenvalue weighted by Gasteiger charge is 2.29. The fourth-order valence-corrected chi connectivity index (χ4v) is 5.46. The number of carbonyl (C=O) groups excluding carboxylic acids is 1. The Morgan fingerprint density at radius 2 is 2.00 bits per heavy atom. The van der Waals surface area contributed by atoms with Crippen molar-refractivity contribution in [3.63, 3.8) is 0 Å². The zero-order valence-corrected chi connectivity index (χ0v) is 17.6. The van der Waals surface area contributed by atoms with Crippen LogP contribution in [0.3, 0.4) is 0 Å². The molecule has 1 unspecified atom stereocenters. The molecule has 5 heterocycles. The van der Waals surface area contributed by atoms with Crippen LogP contribution in [0, 0.1) is 0 Å². The summed E-state index contributed by atoms with van der Waals surface area (Å²) in [5, 5.41) is 6.41.